The summed E-state index contributed by atoms with van der Waals surface area (Å²) in [5, 5.41) is 12.4. The van der Waals surface area contributed by atoms with Crippen LogP contribution in [0.5, 0.6) is 0 Å². The van der Waals surface area contributed by atoms with Crippen molar-refractivity contribution in [3.63, 3.8) is 0 Å². The van der Waals surface area contributed by atoms with Gasteiger partial charge in [-0.1, -0.05) is 12.1 Å². The minimum atomic E-state index is -0.0695. The van der Waals surface area contributed by atoms with Crippen LogP contribution >= 0.6 is 0 Å². The predicted octanol–water partition coefficient (Wildman–Crippen LogP) is 2.66. The molecule has 0 unspecified atom stereocenters. The van der Waals surface area contributed by atoms with Crippen molar-refractivity contribution in [3.8, 4) is 5.69 Å². The van der Waals surface area contributed by atoms with E-state index in [-0.39, 0.29) is 24.6 Å². The van der Waals surface area contributed by atoms with E-state index in [0.717, 1.165) is 36.5 Å². The largest absolute Gasteiger partial charge is 0.396 e. The Morgan fingerprint density at radius 1 is 1.40 bits per heavy atom. The Morgan fingerprint density at radius 3 is 2.80 bits per heavy atom. The highest BCUT2D eigenvalue weighted by molar-refractivity contribution is 5.74. The maximum absolute atomic E-state index is 12.5. The number of aliphatic hydroxyl groups excluding tert-OH is 1. The molecule has 2 heterocycles. The van der Waals surface area contributed by atoms with Crippen LogP contribution in [0.15, 0.2) is 36.7 Å². The number of aliphatic hydroxyl groups is 1. The van der Waals surface area contributed by atoms with Gasteiger partial charge in [0.05, 0.1) is 6.04 Å². The zero-order chi connectivity index (χ0) is 17.8. The molecule has 6 heteroatoms. The third-order valence-electron chi connectivity index (χ3n) is 4.90. The van der Waals surface area contributed by atoms with E-state index in [1.807, 2.05) is 53.8 Å². The fourth-order valence-electron chi connectivity index (χ4n) is 3.33. The Balaban J connectivity index is 1.62. The molecule has 2 atom stereocenters. The molecule has 2 amide bonds. The van der Waals surface area contributed by atoms with Gasteiger partial charge in [-0.15, -0.1) is 0 Å². The van der Waals surface area contributed by atoms with Gasteiger partial charge in [-0.05, 0) is 50.3 Å². The molecule has 2 aromatic rings. The zero-order valence-electron chi connectivity index (χ0n) is 14.9. The van der Waals surface area contributed by atoms with Gasteiger partial charge in [0.1, 0.15) is 5.82 Å². The first-order chi connectivity index (χ1) is 12.1. The van der Waals surface area contributed by atoms with E-state index in [9.17, 15) is 9.90 Å². The monoisotopic (exact) mass is 342 g/mol. The van der Waals surface area contributed by atoms with Crippen molar-refractivity contribution < 1.29 is 9.90 Å². The smallest absolute Gasteiger partial charge is 0.317 e. The van der Waals surface area contributed by atoms with E-state index in [4.69, 9.17) is 0 Å². The van der Waals surface area contributed by atoms with Crippen LogP contribution in [-0.2, 0) is 0 Å². The van der Waals surface area contributed by atoms with E-state index in [0.29, 0.717) is 6.54 Å². The molecular weight excluding hydrogens is 316 g/mol. The fourth-order valence-corrected chi connectivity index (χ4v) is 3.33. The number of nitrogens with zero attached hydrogens (tertiary/aromatic N) is 3. The third kappa shape index (κ3) is 4.02. The summed E-state index contributed by atoms with van der Waals surface area (Å²) < 4.78 is 2.02. The van der Waals surface area contributed by atoms with Gasteiger partial charge in [-0.2, -0.15) is 0 Å². The molecule has 1 aromatic heterocycles. The molecule has 25 heavy (non-hydrogen) atoms. The van der Waals surface area contributed by atoms with Gasteiger partial charge in [-0.25, -0.2) is 9.78 Å². The number of urea groups is 1. The summed E-state index contributed by atoms with van der Waals surface area (Å²) in [7, 11) is 0. The summed E-state index contributed by atoms with van der Waals surface area (Å²) in [6, 6.07) is 8.02. The summed E-state index contributed by atoms with van der Waals surface area (Å²) in [4.78, 5) is 18.5. The summed E-state index contributed by atoms with van der Waals surface area (Å²) >= 11 is 0. The fraction of sp³-hybridized carbons (Fsp3) is 0.474. The van der Waals surface area contributed by atoms with Gasteiger partial charge in [0.2, 0.25) is 0 Å². The van der Waals surface area contributed by atoms with E-state index in [1.165, 1.54) is 0 Å². The van der Waals surface area contributed by atoms with E-state index < -0.39 is 0 Å². The van der Waals surface area contributed by atoms with Crippen LogP contribution in [0.4, 0.5) is 4.79 Å². The number of carbonyl (C=O) groups is 1. The Kier molecular flexibility index (Phi) is 5.38. The van der Waals surface area contributed by atoms with Crippen LogP contribution in [0, 0.1) is 12.8 Å². The Bertz CT molecular complexity index is 710. The van der Waals surface area contributed by atoms with Gasteiger partial charge in [0, 0.05) is 37.8 Å². The van der Waals surface area contributed by atoms with Gasteiger partial charge in [-0.3, -0.25) is 0 Å². The first-order valence-electron chi connectivity index (χ1n) is 8.85. The number of aryl methyl sites for hydroxylation is 1. The van der Waals surface area contributed by atoms with E-state index >= 15 is 0 Å². The number of nitrogens with one attached hydrogen (secondary N) is 1. The molecule has 1 aliphatic heterocycles. The van der Waals surface area contributed by atoms with Crippen LogP contribution in [0.25, 0.3) is 5.69 Å². The second-order valence-corrected chi connectivity index (χ2v) is 6.74. The Labute approximate surface area is 148 Å². The number of likely N-dealkylation sites (tertiary alicyclic amines) is 1. The SMILES string of the molecule is Cc1nccn1-c1ccc([C@H](C)NC(=O)N2CCC[C@H](CO)C2)cc1. The minimum Gasteiger partial charge on any atom is -0.396 e. The molecule has 1 fully saturated rings. The lowest BCUT2D eigenvalue weighted by Crippen LogP contribution is -2.46. The Morgan fingerprint density at radius 2 is 2.16 bits per heavy atom. The van der Waals surface area contributed by atoms with Crippen molar-refractivity contribution in [2.45, 2.75) is 32.7 Å². The average molecular weight is 342 g/mol. The molecule has 0 aliphatic carbocycles. The molecule has 3 rings (SSSR count). The highest BCUT2D eigenvalue weighted by Crippen LogP contribution is 2.19. The third-order valence-corrected chi connectivity index (χ3v) is 4.90. The molecule has 2 N–H and O–H groups in total. The second kappa shape index (κ2) is 7.70. The summed E-state index contributed by atoms with van der Waals surface area (Å²) in [5.41, 5.74) is 2.12. The number of hydrogen-bond acceptors (Lipinski definition) is 3. The molecule has 6 nitrogen and oxygen atoms in total. The maximum Gasteiger partial charge on any atom is 0.317 e. The van der Waals surface area contributed by atoms with Crippen LogP contribution in [0.2, 0.25) is 0 Å². The second-order valence-electron chi connectivity index (χ2n) is 6.74. The number of piperidine rings is 1. The summed E-state index contributed by atoms with van der Waals surface area (Å²) in [5.74, 6) is 1.14. The van der Waals surface area contributed by atoms with Crippen LogP contribution in [0.3, 0.4) is 0 Å². The molecule has 0 spiro atoms. The van der Waals surface area contributed by atoms with Gasteiger partial charge in [0.15, 0.2) is 0 Å². The normalized spacial score (nSPS) is 18.8. The lowest BCUT2D eigenvalue weighted by Gasteiger charge is -2.32. The lowest BCUT2D eigenvalue weighted by atomic mass is 9.99. The molecular formula is C19H26N4O2. The highest BCUT2D eigenvalue weighted by atomic mass is 16.3. The number of amides is 2. The molecule has 0 radical (unpaired) electrons. The molecule has 0 saturated carbocycles. The summed E-state index contributed by atoms with van der Waals surface area (Å²) in [6.45, 7) is 5.49. The van der Waals surface area contributed by atoms with Crippen molar-refractivity contribution in [1.29, 1.82) is 0 Å². The number of carbonyl (C=O) groups excluding carboxylic acids is 1. The Hall–Kier alpha value is -2.34. The number of benzene rings is 1. The summed E-state index contributed by atoms with van der Waals surface area (Å²) in [6.07, 6.45) is 5.66. The van der Waals surface area contributed by atoms with Gasteiger partial charge in [0.25, 0.3) is 0 Å². The van der Waals surface area contributed by atoms with Crippen molar-refractivity contribution in [1.82, 2.24) is 19.8 Å². The number of aromatic nitrogens is 2. The van der Waals surface area contributed by atoms with Gasteiger partial charge >= 0.3 is 6.03 Å². The minimum absolute atomic E-state index is 0.0554. The van der Waals surface area contributed by atoms with Crippen molar-refractivity contribution in [2.75, 3.05) is 19.7 Å². The topological polar surface area (TPSA) is 70.4 Å². The first-order valence-corrected chi connectivity index (χ1v) is 8.85. The zero-order valence-corrected chi connectivity index (χ0v) is 14.9. The average Bonchev–Trinajstić information content (AvgIpc) is 3.07. The molecule has 1 aliphatic rings. The van der Waals surface area contributed by atoms with Crippen LogP contribution in [-0.4, -0.2) is 45.3 Å². The van der Waals surface area contributed by atoms with E-state index in [1.54, 1.807) is 6.20 Å². The number of imidazole rings is 1. The standard InChI is InChI=1S/C19H26N4O2/c1-14(21-19(25)22-10-3-4-16(12-22)13-24)17-5-7-18(8-6-17)23-11-9-20-15(23)2/h5-9,11,14,16,24H,3-4,10,12-13H2,1-2H3,(H,21,25)/t14-,16-/m0/s1. The van der Waals surface area contributed by atoms with Crippen LogP contribution < -0.4 is 5.32 Å². The van der Waals surface area contributed by atoms with Crippen molar-refractivity contribution in [3.05, 3.63) is 48.0 Å². The highest BCUT2D eigenvalue weighted by Gasteiger charge is 2.24. The van der Waals surface area contributed by atoms with Gasteiger partial charge < -0.3 is 19.9 Å². The number of hydrogen-bond donors (Lipinski definition) is 2. The maximum atomic E-state index is 12.5. The quantitative estimate of drug-likeness (QED) is 0.897. The van der Waals surface area contributed by atoms with Crippen molar-refractivity contribution in [2.24, 2.45) is 5.92 Å². The van der Waals surface area contributed by atoms with Crippen molar-refractivity contribution >= 4 is 6.03 Å². The molecule has 1 aromatic carbocycles. The molecule has 134 valence electrons. The van der Waals surface area contributed by atoms with E-state index in [2.05, 4.69) is 10.3 Å². The first kappa shape index (κ1) is 17.5. The molecule has 0 bridgehead atoms. The lowest BCUT2D eigenvalue weighted by molar-refractivity contribution is 0.128. The predicted molar refractivity (Wildman–Crippen MR) is 96.6 cm³/mol. The molecule has 1 saturated heterocycles. The van der Waals surface area contributed by atoms with Crippen LogP contribution in [0.1, 0.15) is 37.2 Å². The number of rotatable bonds is 4.